The monoisotopic (exact) mass is 320 g/mol. The Labute approximate surface area is 133 Å². The summed E-state index contributed by atoms with van der Waals surface area (Å²) < 4.78 is 4.95. The maximum Gasteiger partial charge on any atom is 0.409 e. The fraction of sp³-hybridized carbons (Fsp3) is 0.533. The molecule has 2 heterocycles. The van der Waals surface area contributed by atoms with E-state index in [0.717, 1.165) is 0 Å². The van der Waals surface area contributed by atoms with Gasteiger partial charge in [-0.05, 0) is 13.3 Å². The molecule has 1 aromatic heterocycles. The second-order valence-corrected chi connectivity index (χ2v) is 5.14. The molecule has 0 bridgehead atoms. The van der Waals surface area contributed by atoms with Gasteiger partial charge in [-0.25, -0.2) is 4.79 Å². The third-order valence-electron chi connectivity index (χ3n) is 3.85. The number of H-pyrrole nitrogens is 1. The summed E-state index contributed by atoms with van der Waals surface area (Å²) in [5.74, 6) is 0.0391. The van der Waals surface area contributed by atoms with Crippen LogP contribution in [0.4, 0.5) is 10.6 Å². The largest absolute Gasteiger partial charge is 0.506 e. The Morgan fingerprint density at radius 1 is 1.35 bits per heavy atom. The molecule has 0 radical (unpaired) electrons. The van der Waals surface area contributed by atoms with Crippen molar-refractivity contribution >= 4 is 11.9 Å². The van der Waals surface area contributed by atoms with Gasteiger partial charge in [0.05, 0.1) is 12.2 Å². The lowest BCUT2D eigenvalue weighted by atomic mass is 10.1. The van der Waals surface area contributed by atoms with Crippen LogP contribution in [0.5, 0.6) is 5.75 Å². The Hall–Kier alpha value is -2.69. The molecule has 1 aliphatic heterocycles. The molecule has 0 spiro atoms. The first-order chi connectivity index (χ1) is 11.0. The topological polar surface area (TPSA) is 110 Å². The quantitative estimate of drug-likeness (QED) is 0.852. The number of carbonyl (C=O) groups is 1. The zero-order valence-electron chi connectivity index (χ0n) is 13.3. The SMILES string of the molecule is CCOC(=O)N1CCN(c2[nH]c(=O)c(CC)c(O)c2C#N)CC1. The number of aromatic hydroxyl groups is 1. The molecule has 0 aliphatic carbocycles. The van der Waals surface area contributed by atoms with Crippen molar-refractivity contribution in [2.24, 2.45) is 0 Å². The average molecular weight is 320 g/mol. The number of pyridine rings is 1. The number of aromatic amines is 1. The van der Waals surface area contributed by atoms with Gasteiger partial charge in [0.15, 0.2) is 0 Å². The maximum atomic E-state index is 12.0. The summed E-state index contributed by atoms with van der Waals surface area (Å²) in [5, 5.41) is 19.4. The zero-order valence-corrected chi connectivity index (χ0v) is 13.3. The number of nitriles is 1. The second kappa shape index (κ2) is 7.05. The second-order valence-electron chi connectivity index (χ2n) is 5.14. The Morgan fingerprint density at radius 2 is 2.00 bits per heavy atom. The average Bonchev–Trinajstić information content (AvgIpc) is 2.55. The minimum atomic E-state index is -0.396. The number of amides is 1. The third-order valence-corrected chi connectivity index (χ3v) is 3.85. The van der Waals surface area contributed by atoms with E-state index in [0.29, 0.717) is 45.0 Å². The van der Waals surface area contributed by atoms with Crippen LogP contribution in [0.15, 0.2) is 4.79 Å². The highest BCUT2D eigenvalue weighted by Crippen LogP contribution is 2.27. The van der Waals surface area contributed by atoms with Crippen molar-refractivity contribution in [3.63, 3.8) is 0 Å². The van der Waals surface area contributed by atoms with Crippen molar-refractivity contribution in [1.29, 1.82) is 5.26 Å². The van der Waals surface area contributed by atoms with Crippen LogP contribution in [0.25, 0.3) is 0 Å². The van der Waals surface area contributed by atoms with E-state index in [1.54, 1.807) is 23.6 Å². The minimum absolute atomic E-state index is 0.0611. The molecule has 0 unspecified atom stereocenters. The highest BCUT2D eigenvalue weighted by molar-refractivity contribution is 5.68. The van der Waals surface area contributed by atoms with Crippen LogP contribution in [0.1, 0.15) is 25.0 Å². The maximum absolute atomic E-state index is 12.0. The van der Waals surface area contributed by atoms with Gasteiger partial charge < -0.3 is 24.6 Å². The van der Waals surface area contributed by atoms with Crippen LogP contribution in [0.2, 0.25) is 0 Å². The minimum Gasteiger partial charge on any atom is -0.506 e. The van der Waals surface area contributed by atoms with E-state index in [2.05, 4.69) is 4.98 Å². The third kappa shape index (κ3) is 3.23. The number of piperazine rings is 1. The van der Waals surface area contributed by atoms with Crippen LogP contribution in [-0.2, 0) is 11.2 Å². The molecular formula is C15H20N4O4. The van der Waals surface area contributed by atoms with Crippen molar-refractivity contribution in [2.75, 3.05) is 37.7 Å². The van der Waals surface area contributed by atoms with Crippen molar-refractivity contribution in [3.05, 3.63) is 21.5 Å². The summed E-state index contributed by atoms with van der Waals surface area (Å²) in [7, 11) is 0. The summed E-state index contributed by atoms with van der Waals surface area (Å²) in [4.78, 5) is 29.8. The Balaban J connectivity index is 2.23. The number of aromatic nitrogens is 1. The van der Waals surface area contributed by atoms with Gasteiger partial charge in [-0.2, -0.15) is 5.26 Å². The van der Waals surface area contributed by atoms with Crippen molar-refractivity contribution in [3.8, 4) is 11.8 Å². The predicted octanol–water partition coefficient (Wildman–Crippen LogP) is 0.793. The number of nitrogens with one attached hydrogen (secondary N) is 1. The van der Waals surface area contributed by atoms with Gasteiger partial charge in [0.1, 0.15) is 23.2 Å². The van der Waals surface area contributed by atoms with Crippen LogP contribution < -0.4 is 10.5 Å². The molecule has 2 N–H and O–H groups in total. The zero-order chi connectivity index (χ0) is 17.0. The number of anilines is 1. The van der Waals surface area contributed by atoms with Gasteiger partial charge in [0.2, 0.25) is 0 Å². The molecular weight excluding hydrogens is 300 g/mol. The molecule has 0 atom stereocenters. The van der Waals surface area contributed by atoms with Crippen LogP contribution in [-0.4, -0.2) is 53.9 Å². The summed E-state index contributed by atoms with van der Waals surface area (Å²) in [6.45, 7) is 5.52. The van der Waals surface area contributed by atoms with E-state index >= 15 is 0 Å². The highest BCUT2D eigenvalue weighted by atomic mass is 16.6. The standard InChI is InChI=1S/C15H20N4O4/c1-3-10-12(20)11(9-16)13(17-14(10)21)18-5-7-19(8-6-18)15(22)23-4-2/h3-8H2,1-2H3,(H2,17,20,21). The molecule has 124 valence electrons. The van der Waals surface area contributed by atoms with Gasteiger partial charge in [-0.3, -0.25) is 4.79 Å². The molecule has 8 heteroatoms. The number of nitrogens with zero attached hydrogens (tertiary/aromatic N) is 3. The van der Waals surface area contributed by atoms with E-state index in [-0.39, 0.29) is 23.0 Å². The number of hydrogen-bond acceptors (Lipinski definition) is 6. The van der Waals surface area contributed by atoms with Crippen molar-refractivity contribution in [1.82, 2.24) is 9.88 Å². The highest BCUT2D eigenvalue weighted by Gasteiger charge is 2.26. The van der Waals surface area contributed by atoms with Gasteiger partial charge in [-0.1, -0.05) is 6.92 Å². The Morgan fingerprint density at radius 3 is 2.52 bits per heavy atom. The molecule has 0 saturated carbocycles. The lowest BCUT2D eigenvalue weighted by Crippen LogP contribution is -2.49. The van der Waals surface area contributed by atoms with E-state index in [1.807, 2.05) is 6.07 Å². The molecule has 1 fully saturated rings. The van der Waals surface area contributed by atoms with Crippen LogP contribution >= 0.6 is 0 Å². The summed E-state index contributed by atoms with van der Waals surface area (Å²) in [5.41, 5.74) is -0.131. The van der Waals surface area contributed by atoms with Gasteiger partial charge in [-0.15, -0.1) is 0 Å². The van der Waals surface area contributed by atoms with E-state index in [4.69, 9.17) is 4.74 Å². The smallest absolute Gasteiger partial charge is 0.409 e. The Bertz CT molecular complexity index is 684. The number of hydrogen-bond donors (Lipinski definition) is 2. The molecule has 1 saturated heterocycles. The van der Waals surface area contributed by atoms with Crippen LogP contribution in [0, 0.1) is 11.3 Å². The molecule has 2 rings (SSSR count). The normalized spacial score (nSPS) is 14.5. The van der Waals surface area contributed by atoms with Crippen LogP contribution in [0.3, 0.4) is 0 Å². The number of carbonyl (C=O) groups excluding carboxylic acids is 1. The lowest BCUT2D eigenvalue weighted by molar-refractivity contribution is 0.105. The van der Waals surface area contributed by atoms with E-state index < -0.39 is 5.56 Å². The first-order valence-corrected chi connectivity index (χ1v) is 7.58. The first-order valence-electron chi connectivity index (χ1n) is 7.58. The van der Waals surface area contributed by atoms with Crippen molar-refractivity contribution < 1.29 is 14.6 Å². The summed E-state index contributed by atoms with van der Waals surface area (Å²) in [6, 6.07) is 1.95. The molecule has 23 heavy (non-hydrogen) atoms. The first kappa shape index (κ1) is 16.7. The number of ether oxygens (including phenoxy) is 1. The van der Waals surface area contributed by atoms with Gasteiger partial charge >= 0.3 is 6.09 Å². The fourth-order valence-electron chi connectivity index (χ4n) is 2.61. The summed E-state index contributed by atoms with van der Waals surface area (Å²) in [6.07, 6.45) is -0.0300. The predicted molar refractivity (Wildman–Crippen MR) is 83.6 cm³/mol. The lowest BCUT2D eigenvalue weighted by Gasteiger charge is -2.35. The van der Waals surface area contributed by atoms with Gasteiger partial charge in [0, 0.05) is 26.2 Å². The van der Waals surface area contributed by atoms with E-state index in [9.17, 15) is 20.0 Å². The molecule has 1 aliphatic rings. The molecule has 8 nitrogen and oxygen atoms in total. The van der Waals surface area contributed by atoms with E-state index in [1.165, 1.54) is 0 Å². The summed E-state index contributed by atoms with van der Waals surface area (Å²) >= 11 is 0. The molecule has 0 aromatic carbocycles. The molecule has 1 amide bonds. The fourth-order valence-corrected chi connectivity index (χ4v) is 2.61. The Kier molecular flexibility index (Phi) is 5.11. The molecule has 1 aromatic rings. The number of rotatable bonds is 3. The van der Waals surface area contributed by atoms with Crippen molar-refractivity contribution in [2.45, 2.75) is 20.3 Å². The van der Waals surface area contributed by atoms with Gasteiger partial charge in [0.25, 0.3) is 5.56 Å².